The first-order chi connectivity index (χ1) is 5.38. The quantitative estimate of drug-likeness (QED) is 0.536. The number of aliphatic imine (C=N–C) groups is 1. The molecule has 0 aromatic carbocycles. The SMILES string of the molecule is NC1=C2NC=NC=C2CCC1. The number of nitrogens with one attached hydrogen (secondary N) is 1. The molecular formula is C8H11N3. The summed E-state index contributed by atoms with van der Waals surface area (Å²) in [7, 11) is 0. The van der Waals surface area contributed by atoms with Crippen LogP contribution in [0.2, 0.25) is 0 Å². The summed E-state index contributed by atoms with van der Waals surface area (Å²) in [6.45, 7) is 0. The highest BCUT2D eigenvalue weighted by Gasteiger charge is 2.15. The fourth-order valence-electron chi connectivity index (χ4n) is 1.47. The van der Waals surface area contributed by atoms with Crippen molar-refractivity contribution in [2.45, 2.75) is 19.3 Å². The molecule has 0 aromatic rings. The maximum Gasteiger partial charge on any atom is 0.0923 e. The average molecular weight is 149 g/mol. The van der Waals surface area contributed by atoms with Crippen molar-refractivity contribution in [1.29, 1.82) is 0 Å². The minimum atomic E-state index is 0.966. The van der Waals surface area contributed by atoms with E-state index in [2.05, 4.69) is 10.3 Å². The van der Waals surface area contributed by atoms with Crippen molar-refractivity contribution in [1.82, 2.24) is 5.32 Å². The normalized spacial score (nSPS) is 22.4. The van der Waals surface area contributed by atoms with Gasteiger partial charge in [-0.1, -0.05) is 0 Å². The zero-order valence-corrected chi connectivity index (χ0v) is 6.30. The maximum atomic E-state index is 5.80. The molecular weight excluding hydrogens is 138 g/mol. The summed E-state index contributed by atoms with van der Waals surface area (Å²) in [6.07, 6.45) is 6.82. The zero-order chi connectivity index (χ0) is 7.68. The molecule has 0 radical (unpaired) electrons. The molecule has 2 aliphatic rings. The molecule has 3 N–H and O–H groups in total. The van der Waals surface area contributed by atoms with Crippen LogP contribution < -0.4 is 11.1 Å². The molecule has 0 saturated heterocycles. The van der Waals surface area contributed by atoms with Gasteiger partial charge in [0, 0.05) is 11.9 Å². The number of hydrogen-bond donors (Lipinski definition) is 2. The molecule has 0 amide bonds. The van der Waals surface area contributed by atoms with Crippen molar-refractivity contribution >= 4 is 6.34 Å². The highest BCUT2D eigenvalue weighted by atomic mass is 15.0. The molecule has 0 atom stereocenters. The van der Waals surface area contributed by atoms with E-state index in [4.69, 9.17) is 5.73 Å². The van der Waals surface area contributed by atoms with Gasteiger partial charge in [0.1, 0.15) is 0 Å². The predicted octanol–water partition coefficient (Wildman–Crippen LogP) is 0.856. The van der Waals surface area contributed by atoms with E-state index in [1.807, 2.05) is 6.20 Å². The molecule has 0 fully saturated rings. The maximum absolute atomic E-state index is 5.80. The highest BCUT2D eigenvalue weighted by molar-refractivity contribution is 5.64. The van der Waals surface area contributed by atoms with Gasteiger partial charge in [-0.05, 0) is 24.8 Å². The molecule has 1 aliphatic carbocycles. The van der Waals surface area contributed by atoms with Crippen molar-refractivity contribution in [2.75, 3.05) is 0 Å². The topological polar surface area (TPSA) is 50.4 Å². The molecule has 1 aliphatic heterocycles. The number of allylic oxidation sites excluding steroid dienone is 2. The standard InChI is InChI=1S/C8H11N3/c9-7-3-1-2-6-4-10-5-11-8(6)7/h4-5H,1-3,9H2,(H,10,11). The third-order valence-corrected chi connectivity index (χ3v) is 2.05. The lowest BCUT2D eigenvalue weighted by molar-refractivity contribution is 0.733. The van der Waals surface area contributed by atoms with Crippen molar-refractivity contribution in [2.24, 2.45) is 10.7 Å². The van der Waals surface area contributed by atoms with Crippen molar-refractivity contribution < 1.29 is 0 Å². The van der Waals surface area contributed by atoms with Gasteiger partial charge in [-0.3, -0.25) is 0 Å². The van der Waals surface area contributed by atoms with Gasteiger partial charge in [0.15, 0.2) is 0 Å². The Labute approximate surface area is 65.7 Å². The Morgan fingerprint density at radius 2 is 2.36 bits per heavy atom. The summed E-state index contributed by atoms with van der Waals surface area (Å²) in [5, 5.41) is 3.07. The van der Waals surface area contributed by atoms with Crippen LogP contribution in [-0.2, 0) is 0 Å². The fraction of sp³-hybridized carbons (Fsp3) is 0.375. The number of nitrogens with two attached hydrogens (primary N) is 1. The van der Waals surface area contributed by atoms with Crippen molar-refractivity contribution in [3.63, 3.8) is 0 Å². The Morgan fingerprint density at radius 1 is 1.45 bits per heavy atom. The van der Waals surface area contributed by atoms with Crippen LogP contribution in [-0.4, -0.2) is 6.34 Å². The molecule has 1 heterocycles. The molecule has 0 aromatic heterocycles. The van der Waals surface area contributed by atoms with Crippen LogP contribution in [0.25, 0.3) is 0 Å². The van der Waals surface area contributed by atoms with E-state index in [-0.39, 0.29) is 0 Å². The Bertz CT molecular complexity index is 261. The van der Waals surface area contributed by atoms with Crippen molar-refractivity contribution in [3.8, 4) is 0 Å². The van der Waals surface area contributed by atoms with Crippen LogP contribution in [0.4, 0.5) is 0 Å². The van der Waals surface area contributed by atoms with Gasteiger partial charge in [-0.15, -0.1) is 0 Å². The second kappa shape index (κ2) is 2.42. The van der Waals surface area contributed by atoms with Crippen LogP contribution >= 0.6 is 0 Å². The van der Waals surface area contributed by atoms with E-state index in [0.29, 0.717) is 0 Å². The second-order valence-electron chi connectivity index (χ2n) is 2.83. The lowest BCUT2D eigenvalue weighted by atomic mass is 9.96. The summed E-state index contributed by atoms with van der Waals surface area (Å²) in [6, 6.07) is 0. The summed E-state index contributed by atoms with van der Waals surface area (Å²) in [5.74, 6) is 0. The van der Waals surface area contributed by atoms with Crippen molar-refractivity contribution in [3.05, 3.63) is 23.2 Å². The third kappa shape index (κ3) is 1.02. The Morgan fingerprint density at radius 3 is 3.18 bits per heavy atom. The minimum Gasteiger partial charge on any atom is -0.400 e. The Kier molecular flexibility index (Phi) is 1.42. The highest BCUT2D eigenvalue weighted by Crippen LogP contribution is 2.25. The Balaban J connectivity index is 2.40. The second-order valence-corrected chi connectivity index (χ2v) is 2.83. The van der Waals surface area contributed by atoms with Gasteiger partial charge in [0.05, 0.1) is 12.0 Å². The van der Waals surface area contributed by atoms with Gasteiger partial charge in [-0.25, -0.2) is 4.99 Å². The number of rotatable bonds is 0. The first kappa shape index (κ1) is 6.46. The smallest absolute Gasteiger partial charge is 0.0923 e. The van der Waals surface area contributed by atoms with E-state index in [1.165, 1.54) is 5.57 Å². The van der Waals surface area contributed by atoms with E-state index in [1.54, 1.807) is 6.34 Å². The molecule has 0 saturated carbocycles. The minimum absolute atomic E-state index is 0.966. The summed E-state index contributed by atoms with van der Waals surface area (Å²) < 4.78 is 0. The lowest BCUT2D eigenvalue weighted by Gasteiger charge is -2.21. The molecule has 2 rings (SSSR count). The van der Waals surface area contributed by atoms with Gasteiger partial charge < -0.3 is 11.1 Å². The van der Waals surface area contributed by atoms with Gasteiger partial charge >= 0.3 is 0 Å². The van der Waals surface area contributed by atoms with Crippen LogP contribution in [0.5, 0.6) is 0 Å². The molecule has 3 heteroatoms. The average Bonchev–Trinajstić information content (AvgIpc) is 2.06. The summed E-state index contributed by atoms with van der Waals surface area (Å²) >= 11 is 0. The molecule has 3 nitrogen and oxygen atoms in total. The predicted molar refractivity (Wildman–Crippen MR) is 44.8 cm³/mol. The Hall–Kier alpha value is -1.25. The molecule has 58 valence electrons. The monoisotopic (exact) mass is 149 g/mol. The number of hydrogen-bond acceptors (Lipinski definition) is 3. The molecule has 0 bridgehead atoms. The number of nitrogens with zero attached hydrogens (tertiary/aromatic N) is 1. The third-order valence-electron chi connectivity index (χ3n) is 2.05. The van der Waals surface area contributed by atoms with Crippen LogP contribution in [0.15, 0.2) is 28.2 Å². The summed E-state index contributed by atoms with van der Waals surface area (Å²) in [5.41, 5.74) is 9.11. The summed E-state index contributed by atoms with van der Waals surface area (Å²) in [4.78, 5) is 4.01. The lowest BCUT2D eigenvalue weighted by Crippen LogP contribution is -2.23. The molecule has 0 unspecified atom stereocenters. The first-order valence-corrected chi connectivity index (χ1v) is 3.84. The number of fused-ring (bicyclic) bond motifs is 1. The fourth-order valence-corrected chi connectivity index (χ4v) is 1.47. The van der Waals surface area contributed by atoms with Crippen LogP contribution in [0.1, 0.15) is 19.3 Å². The van der Waals surface area contributed by atoms with E-state index in [0.717, 1.165) is 30.7 Å². The molecule has 11 heavy (non-hydrogen) atoms. The molecule has 0 spiro atoms. The zero-order valence-electron chi connectivity index (χ0n) is 6.30. The van der Waals surface area contributed by atoms with E-state index in [9.17, 15) is 0 Å². The van der Waals surface area contributed by atoms with E-state index >= 15 is 0 Å². The van der Waals surface area contributed by atoms with Crippen LogP contribution in [0.3, 0.4) is 0 Å². The van der Waals surface area contributed by atoms with Gasteiger partial charge in [0.25, 0.3) is 0 Å². The van der Waals surface area contributed by atoms with Gasteiger partial charge in [0.2, 0.25) is 0 Å². The largest absolute Gasteiger partial charge is 0.400 e. The van der Waals surface area contributed by atoms with Crippen LogP contribution in [0, 0.1) is 0 Å². The first-order valence-electron chi connectivity index (χ1n) is 3.84. The van der Waals surface area contributed by atoms with E-state index < -0.39 is 0 Å². The van der Waals surface area contributed by atoms with Gasteiger partial charge in [-0.2, -0.15) is 0 Å².